The zero-order chi connectivity index (χ0) is 12.6. The van der Waals surface area contributed by atoms with Crippen LogP contribution in [0, 0.1) is 5.41 Å². The van der Waals surface area contributed by atoms with E-state index in [0.29, 0.717) is 6.42 Å². The standard InChI is InChI=1S/C13H26N2O/c1-10(12(2,3)4)15(5)11(16)9-13(14)7-6-8-13/h10H,6-9,14H2,1-5H3. The minimum atomic E-state index is -0.205. The fourth-order valence-electron chi connectivity index (χ4n) is 2.03. The highest BCUT2D eigenvalue weighted by molar-refractivity contribution is 5.77. The number of hydrogen-bond acceptors (Lipinski definition) is 2. The van der Waals surface area contributed by atoms with Gasteiger partial charge in [0.25, 0.3) is 0 Å². The van der Waals surface area contributed by atoms with E-state index in [4.69, 9.17) is 5.73 Å². The number of carbonyl (C=O) groups is 1. The maximum Gasteiger partial charge on any atom is 0.224 e. The summed E-state index contributed by atoms with van der Waals surface area (Å²) in [6, 6.07) is 0.240. The van der Waals surface area contributed by atoms with Crippen molar-refractivity contribution in [1.29, 1.82) is 0 Å². The van der Waals surface area contributed by atoms with Gasteiger partial charge in [-0.25, -0.2) is 0 Å². The first-order chi connectivity index (χ1) is 7.16. The van der Waals surface area contributed by atoms with Gasteiger partial charge in [0.1, 0.15) is 0 Å². The van der Waals surface area contributed by atoms with Crippen molar-refractivity contribution >= 4 is 5.91 Å². The lowest BCUT2D eigenvalue weighted by Gasteiger charge is -2.41. The molecule has 94 valence electrons. The van der Waals surface area contributed by atoms with E-state index in [1.54, 1.807) is 0 Å². The summed E-state index contributed by atoms with van der Waals surface area (Å²) in [4.78, 5) is 13.9. The van der Waals surface area contributed by atoms with Crippen LogP contribution in [0.1, 0.15) is 53.4 Å². The first-order valence-electron chi connectivity index (χ1n) is 6.20. The van der Waals surface area contributed by atoms with Crippen LogP contribution in [0.25, 0.3) is 0 Å². The molecule has 1 rings (SSSR count). The van der Waals surface area contributed by atoms with Gasteiger partial charge in [-0.3, -0.25) is 4.79 Å². The molecule has 1 aliphatic carbocycles. The van der Waals surface area contributed by atoms with Gasteiger partial charge in [-0.15, -0.1) is 0 Å². The Morgan fingerprint density at radius 3 is 2.25 bits per heavy atom. The topological polar surface area (TPSA) is 46.3 Å². The molecular formula is C13H26N2O. The molecule has 1 aliphatic rings. The molecule has 2 N–H and O–H groups in total. The van der Waals surface area contributed by atoms with E-state index >= 15 is 0 Å². The third kappa shape index (κ3) is 2.97. The number of hydrogen-bond donors (Lipinski definition) is 1. The summed E-state index contributed by atoms with van der Waals surface area (Å²) >= 11 is 0. The monoisotopic (exact) mass is 226 g/mol. The van der Waals surface area contributed by atoms with E-state index in [9.17, 15) is 4.79 Å². The first kappa shape index (κ1) is 13.5. The predicted octanol–water partition coefficient (Wildman–Crippen LogP) is 2.15. The third-order valence-corrected chi connectivity index (χ3v) is 4.08. The van der Waals surface area contributed by atoms with Gasteiger partial charge in [0.15, 0.2) is 0 Å². The van der Waals surface area contributed by atoms with Crippen molar-refractivity contribution < 1.29 is 4.79 Å². The van der Waals surface area contributed by atoms with Crippen molar-refractivity contribution in [2.45, 2.75) is 65.0 Å². The highest BCUT2D eigenvalue weighted by Crippen LogP contribution is 2.33. The van der Waals surface area contributed by atoms with Crippen LogP contribution in [-0.4, -0.2) is 29.4 Å². The molecule has 16 heavy (non-hydrogen) atoms. The Labute approximate surface area is 99.4 Å². The molecule has 3 nitrogen and oxygen atoms in total. The maximum absolute atomic E-state index is 12.1. The van der Waals surface area contributed by atoms with Gasteiger partial charge in [-0.05, 0) is 31.6 Å². The highest BCUT2D eigenvalue weighted by atomic mass is 16.2. The molecule has 0 aromatic rings. The van der Waals surface area contributed by atoms with E-state index in [2.05, 4.69) is 27.7 Å². The summed E-state index contributed by atoms with van der Waals surface area (Å²) in [5.74, 6) is 0.185. The van der Waals surface area contributed by atoms with Crippen LogP contribution in [0.15, 0.2) is 0 Å². The minimum absolute atomic E-state index is 0.117. The quantitative estimate of drug-likeness (QED) is 0.801. The summed E-state index contributed by atoms with van der Waals surface area (Å²) in [5.41, 5.74) is 6.01. The molecular weight excluding hydrogens is 200 g/mol. The van der Waals surface area contributed by atoms with E-state index < -0.39 is 0 Å². The summed E-state index contributed by atoms with van der Waals surface area (Å²) in [6.45, 7) is 8.57. The van der Waals surface area contributed by atoms with Crippen LogP contribution in [0.3, 0.4) is 0 Å². The largest absolute Gasteiger partial charge is 0.342 e. The zero-order valence-electron chi connectivity index (χ0n) is 11.3. The van der Waals surface area contributed by atoms with E-state index in [1.807, 2.05) is 11.9 Å². The van der Waals surface area contributed by atoms with Gasteiger partial charge < -0.3 is 10.6 Å². The molecule has 0 spiro atoms. The summed E-state index contributed by atoms with van der Waals surface area (Å²) in [7, 11) is 1.89. The second kappa shape index (κ2) is 4.36. The molecule has 1 saturated carbocycles. The average molecular weight is 226 g/mol. The number of nitrogens with two attached hydrogens (primary N) is 1. The summed E-state index contributed by atoms with van der Waals surface area (Å²) in [6.07, 6.45) is 3.67. The number of carbonyl (C=O) groups excluding carboxylic acids is 1. The molecule has 0 aromatic heterocycles. The van der Waals surface area contributed by atoms with Gasteiger partial charge in [0.05, 0.1) is 0 Å². The van der Waals surface area contributed by atoms with Gasteiger partial charge in [0, 0.05) is 25.0 Å². The van der Waals surface area contributed by atoms with Gasteiger partial charge in [-0.2, -0.15) is 0 Å². The Balaban J connectivity index is 2.53. The molecule has 0 aliphatic heterocycles. The Morgan fingerprint density at radius 1 is 1.44 bits per heavy atom. The Hall–Kier alpha value is -0.570. The summed E-state index contributed by atoms with van der Waals surface area (Å²) in [5, 5.41) is 0. The molecule has 3 heteroatoms. The van der Waals surface area contributed by atoms with E-state index in [0.717, 1.165) is 12.8 Å². The van der Waals surface area contributed by atoms with Crippen LogP contribution >= 0.6 is 0 Å². The van der Waals surface area contributed by atoms with Crippen LogP contribution in [0.2, 0.25) is 0 Å². The normalized spacial score (nSPS) is 21.1. The zero-order valence-corrected chi connectivity index (χ0v) is 11.3. The number of rotatable bonds is 3. The lowest BCUT2D eigenvalue weighted by atomic mass is 9.75. The second-order valence-corrected chi connectivity index (χ2v) is 6.44. The molecule has 0 aromatic carbocycles. The van der Waals surface area contributed by atoms with Crippen LogP contribution < -0.4 is 5.73 Å². The molecule has 0 radical (unpaired) electrons. The molecule has 0 bridgehead atoms. The molecule has 1 fully saturated rings. The van der Waals surface area contributed by atoms with Crippen LogP contribution in [0.4, 0.5) is 0 Å². The molecule has 1 amide bonds. The second-order valence-electron chi connectivity index (χ2n) is 6.44. The molecule has 1 unspecified atom stereocenters. The lowest BCUT2D eigenvalue weighted by molar-refractivity contribution is -0.135. The van der Waals surface area contributed by atoms with Gasteiger partial charge >= 0.3 is 0 Å². The fraction of sp³-hybridized carbons (Fsp3) is 0.923. The third-order valence-electron chi connectivity index (χ3n) is 4.08. The van der Waals surface area contributed by atoms with Crippen LogP contribution in [0.5, 0.6) is 0 Å². The first-order valence-corrected chi connectivity index (χ1v) is 6.20. The number of nitrogens with zero attached hydrogens (tertiary/aromatic N) is 1. The van der Waals surface area contributed by atoms with Crippen LogP contribution in [-0.2, 0) is 4.79 Å². The van der Waals surface area contributed by atoms with Crippen molar-refractivity contribution in [3.63, 3.8) is 0 Å². The van der Waals surface area contributed by atoms with Crippen molar-refractivity contribution in [2.75, 3.05) is 7.05 Å². The smallest absolute Gasteiger partial charge is 0.224 e. The minimum Gasteiger partial charge on any atom is -0.342 e. The molecule has 1 atom stereocenters. The highest BCUT2D eigenvalue weighted by Gasteiger charge is 2.37. The Kier molecular flexibility index (Phi) is 3.68. The SMILES string of the molecule is CC(N(C)C(=O)CC1(N)CCC1)C(C)(C)C. The average Bonchev–Trinajstić information content (AvgIpc) is 2.11. The Morgan fingerprint density at radius 2 is 1.94 bits per heavy atom. The van der Waals surface area contributed by atoms with Crippen molar-refractivity contribution in [1.82, 2.24) is 4.90 Å². The number of amides is 1. The van der Waals surface area contributed by atoms with E-state index in [-0.39, 0.29) is 22.9 Å². The summed E-state index contributed by atoms with van der Waals surface area (Å²) < 4.78 is 0. The maximum atomic E-state index is 12.1. The van der Waals surface area contributed by atoms with E-state index in [1.165, 1.54) is 6.42 Å². The predicted molar refractivity (Wildman–Crippen MR) is 67.1 cm³/mol. The lowest BCUT2D eigenvalue weighted by Crippen LogP contribution is -2.52. The molecule has 0 saturated heterocycles. The fourth-order valence-corrected chi connectivity index (χ4v) is 2.03. The van der Waals surface area contributed by atoms with Gasteiger partial charge in [-0.1, -0.05) is 20.8 Å². The van der Waals surface area contributed by atoms with Crippen molar-refractivity contribution in [3.05, 3.63) is 0 Å². The Bertz CT molecular complexity index is 264. The van der Waals surface area contributed by atoms with Crippen molar-refractivity contribution in [2.24, 2.45) is 11.1 Å². The van der Waals surface area contributed by atoms with Crippen molar-refractivity contribution in [3.8, 4) is 0 Å². The molecule has 0 heterocycles. The van der Waals surface area contributed by atoms with Gasteiger partial charge in [0.2, 0.25) is 5.91 Å².